The highest BCUT2D eigenvalue weighted by molar-refractivity contribution is 5.22. The topological polar surface area (TPSA) is 34.1 Å². The van der Waals surface area contributed by atoms with Gasteiger partial charge in [-0.15, -0.1) is 0 Å². The fraction of sp³-hybridized carbons (Fsp3) is 0.583. The Morgan fingerprint density at radius 2 is 2.00 bits per heavy atom. The summed E-state index contributed by atoms with van der Waals surface area (Å²) in [4.78, 5) is 3.41. The normalized spacial score (nSPS) is 29.2. The van der Waals surface area contributed by atoms with Crippen LogP contribution in [0.4, 0.5) is 17.6 Å². The molecule has 1 aromatic rings. The average molecular weight is 276 g/mol. The molecule has 0 amide bonds. The molecule has 104 valence electrons. The molecule has 7 heteroatoms. The first kappa shape index (κ1) is 12.7. The zero-order chi connectivity index (χ0) is 13.6. The standard InChI is InChI=1S/C12H12F4N2O/c13-10-1-6(12(14,15)16)2-18-11(10)19-5-9-7-3-17-4-8(7)9/h1-2,7-9,17H,3-5H2/t7-,8+,9?. The van der Waals surface area contributed by atoms with E-state index in [0.717, 1.165) is 13.1 Å². The molecule has 3 nitrogen and oxygen atoms in total. The van der Waals surface area contributed by atoms with Gasteiger partial charge in [0.25, 0.3) is 0 Å². The van der Waals surface area contributed by atoms with Gasteiger partial charge in [0.2, 0.25) is 5.88 Å². The van der Waals surface area contributed by atoms with E-state index in [1.807, 2.05) is 0 Å². The average Bonchev–Trinajstić information content (AvgIpc) is 2.78. The third-order valence-corrected chi connectivity index (χ3v) is 3.82. The number of aromatic nitrogens is 1. The molecular formula is C12H12F4N2O. The molecule has 1 unspecified atom stereocenters. The van der Waals surface area contributed by atoms with E-state index in [0.29, 0.717) is 36.6 Å². The Labute approximate surface area is 107 Å². The SMILES string of the molecule is Fc1cc(C(F)(F)F)cnc1OCC1[C@H]2CNC[C@@H]12. The van der Waals surface area contributed by atoms with E-state index in [9.17, 15) is 17.6 Å². The third-order valence-electron chi connectivity index (χ3n) is 3.82. The Morgan fingerprint density at radius 1 is 1.32 bits per heavy atom. The molecule has 1 N–H and O–H groups in total. The van der Waals surface area contributed by atoms with Crippen molar-refractivity contribution in [1.82, 2.24) is 10.3 Å². The first-order chi connectivity index (χ1) is 8.97. The van der Waals surface area contributed by atoms with Gasteiger partial charge >= 0.3 is 6.18 Å². The van der Waals surface area contributed by atoms with Crippen molar-refractivity contribution < 1.29 is 22.3 Å². The second-order valence-corrected chi connectivity index (χ2v) is 4.97. The van der Waals surface area contributed by atoms with E-state index in [1.165, 1.54) is 0 Å². The molecule has 0 radical (unpaired) electrons. The van der Waals surface area contributed by atoms with Crippen molar-refractivity contribution in [2.45, 2.75) is 6.18 Å². The first-order valence-electron chi connectivity index (χ1n) is 6.03. The van der Waals surface area contributed by atoms with Crippen molar-refractivity contribution in [3.05, 3.63) is 23.6 Å². The minimum atomic E-state index is -4.59. The highest BCUT2D eigenvalue weighted by Gasteiger charge is 2.53. The summed E-state index contributed by atoms with van der Waals surface area (Å²) in [5.74, 6) is 0.0458. The second-order valence-electron chi connectivity index (χ2n) is 4.97. The van der Waals surface area contributed by atoms with Gasteiger partial charge in [0, 0.05) is 12.1 Å². The summed E-state index contributed by atoms with van der Waals surface area (Å²) in [5.41, 5.74) is -1.11. The monoisotopic (exact) mass is 276 g/mol. The molecule has 1 aliphatic carbocycles. The molecule has 1 saturated heterocycles. The van der Waals surface area contributed by atoms with E-state index in [1.54, 1.807) is 0 Å². The Balaban J connectivity index is 1.62. The molecule has 2 fully saturated rings. The summed E-state index contributed by atoms with van der Waals surface area (Å²) in [6.45, 7) is 2.18. The Morgan fingerprint density at radius 3 is 2.58 bits per heavy atom. The van der Waals surface area contributed by atoms with Crippen molar-refractivity contribution in [3.8, 4) is 5.88 Å². The van der Waals surface area contributed by atoms with E-state index in [-0.39, 0.29) is 5.88 Å². The van der Waals surface area contributed by atoms with Crippen LogP contribution in [0.2, 0.25) is 0 Å². The Hall–Kier alpha value is -1.37. The number of nitrogens with zero attached hydrogens (tertiary/aromatic N) is 1. The number of hydrogen-bond acceptors (Lipinski definition) is 3. The maximum atomic E-state index is 13.4. The van der Waals surface area contributed by atoms with Gasteiger partial charge in [0.1, 0.15) is 0 Å². The molecule has 0 aromatic carbocycles. The molecule has 0 bridgehead atoms. The van der Waals surface area contributed by atoms with E-state index in [2.05, 4.69) is 10.3 Å². The minimum Gasteiger partial charge on any atom is -0.475 e. The van der Waals surface area contributed by atoms with Gasteiger partial charge in [-0.3, -0.25) is 0 Å². The smallest absolute Gasteiger partial charge is 0.417 e. The number of nitrogens with one attached hydrogen (secondary N) is 1. The van der Waals surface area contributed by atoms with Crippen molar-refractivity contribution in [2.24, 2.45) is 17.8 Å². The second kappa shape index (κ2) is 4.33. The van der Waals surface area contributed by atoms with Crippen LogP contribution >= 0.6 is 0 Å². The quantitative estimate of drug-likeness (QED) is 0.858. The number of piperidine rings is 1. The molecule has 1 aliphatic heterocycles. The summed E-state index contributed by atoms with van der Waals surface area (Å²) in [5, 5.41) is 3.22. The number of alkyl halides is 3. The zero-order valence-electron chi connectivity index (χ0n) is 9.88. The van der Waals surface area contributed by atoms with Crippen molar-refractivity contribution >= 4 is 0 Å². The lowest BCUT2D eigenvalue weighted by atomic mass is 10.2. The highest BCUT2D eigenvalue weighted by atomic mass is 19.4. The van der Waals surface area contributed by atoms with Crippen LogP contribution in [-0.2, 0) is 6.18 Å². The van der Waals surface area contributed by atoms with Gasteiger partial charge in [-0.05, 0) is 31.0 Å². The summed E-state index contributed by atoms with van der Waals surface area (Å²) in [6.07, 6.45) is -4.00. The van der Waals surface area contributed by atoms with Crippen LogP contribution in [0.3, 0.4) is 0 Å². The maximum Gasteiger partial charge on any atom is 0.417 e. The summed E-state index contributed by atoms with van der Waals surface area (Å²) in [6, 6.07) is 0.414. The molecule has 1 saturated carbocycles. The van der Waals surface area contributed by atoms with Crippen LogP contribution in [0.25, 0.3) is 0 Å². The number of fused-ring (bicyclic) bond motifs is 1. The molecule has 1 aromatic heterocycles. The Kier molecular flexibility index (Phi) is 2.88. The molecular weight excluding hydrogens is 264 g/mol. The lowest BCUT2D eigenvalue weighted by Crippen LogP contribution is -2.18. The van der Waals surface area contributed by atoms with Crippen LogP contribution in [0.15, 0.2) is 12.3 Å². The Bertz CT molecular complexity index is 481. The molecule has 3 rings (SSSR count). The number of hydrogen-bond donors (Lipinski definition) is 1. The van der Waals surface area contributed by atoms with Crippen LogP contribution in [-0.4, -0.2) is 24.7 Å². The molecule has 2 aliphatic rings. The molecule has 2 heterocycles. The summed E-state index contributed by atoms with van der Waals surface area (Å²) < 4.78 is 55.6. The third kappa shape index (κ3) is 2.39. The summed E-state index contributed by atoms with van der Waals surface area (Å²) in [7, 11) is 0. The minimum absolute atomic E-state index is 0.312. The van der Waals surface area contributed by atoms with Gasteiger partial charge < -0.3 is 10.1 Å². The van der Waals surface area contributed by atoms with Crippen LogP contribution in [0.5, 0.6) is 5.88 Å². The largest absolute Gasteiger partial charge is 0.475 e. The van der Waals surface area contributed by atoms with Crippen LogP contribution < -0.4 is 10.1 Å². The van der Waals surface area contributed by atoms with Gasteiger partial charge in [0.15, 0.2) is 5.82 Å². The fourth-order valence-corrected chi connectivity index (χ4v) is 2.66. The molecule has 0 spiro atoms. The van der Waals surface area contributed by atoms with Crippen LogP contribution in [0, 0.1) is 23.6 Å². The molecule has 19 heavy (non-hydrogen) atoms. The summed E-state index contributed by atoms with van der Waals surface area (Å²) >= 11 is 0. The van der Waals surface area contributed by atoms with E-state index >= 15 is 0 Å². The lowest BCUT2D eigenvalue weighted by Gasteiger charge is -2.10. The predicted molar refractivity (Wildman–Crippen MR) is 58.0 cm³/mol. The van der Waals surface area contributed by atoms with Gasteiger partial charge in [-0.25, -0.2) is 9.37 Å². The number of rotatable bonds is 3. The van der Waals surface area contributed by atoms with Crippen molar-refractivity contribution in [2.75, 3.05) is 19.7 Å². The van der Waals surface area contributed by atoms with Gasteiger partial charge in [-0.2, -0.15) is 13.2 Å². The number of ether oxygens (including phenoxy) is 1. The van der Waals surface area contributed by atoms with E-state index < -0.39 is 17.6 Å². The van der Waals surface area contributed by atoms with Crippen LogP contribution in [0.1, 0.15) is 5.56 Å². The van der Waals surface area contributed by atoms with Gasteiger partial charge in [-0.1, -0.05) is 0 Å². The molecule has 3 atom stereocenters. The van der Waals surface area contributed by atoms with Gasteiger partial charge in [0.05, 0.1) is 12.2 Å². The van der Waals surface area contributed by atoms with Crippen molar-refractivity contribution in [3.63, 3.8) is 0 Å². The fourth-order valence-electron chi connectivity index (χ4n) is 2.66. The number of pyridine rings is 1. The zero-order valence-corrected chi connectivity index (χ0v) is 9.88. The first-order valence-corrected chi connectivity index (χ1v) is 6.03. The van der Waals surface area contributed by atoms with Crippen molar-refractivity contribution in [1.29, 1.82) is 0 Å². The van der Waals surface area contributed by atoms with E-state index in [4.69, 9.17) is 4.74 Å². The lowest BCUT2D eigenvalue weighted by molar-refractivity contribution is -0.138. The number of halogens is 4. The maximum absolute atomic E-state index is 13.4. The predicted octanol–water partition coefficient (Wildman–Crippen LogP) is 2.08. The highest BCUT2D eigenvalue weighted by Crippen LogP contribution is 2.48.